The van der Waals surface area contributed by atoms with Crippen molar-refractivity contribution in [2.75, 3.05) is 24.7 Å². The first kappa shape index (κ1) is 16.4. The zero-order chi connectivity index (χ0) is 14.5. The SMILES string of the molecule is CC(C)(CCCO)CNC(=O)CC1CCS(=O)(=O)C1. The highest BCUT2D eigenvalue weighted by atomic mass is 32.2. The maximum absolute atomic E-state index is 11.8. The molecular weight excluding hydrogens is 266 g/mol. The Balaban J connectivity index is 2.28. The number of carbonyl (C=O) groups is 1. The van der Waals surface area contributed by atoms with E-state index in [1.54, 1.807) is 0 Å². The van der Waals surface area contributed by atoms with Crippen molar-refractivity contribution in [1.82, 2.24) is 5.32 Å². The Hall–Kier alpha value is -0.620. The Morgan fingerprint density at radius 1 is 1.42 bits per heavy atom. The molecule has 6 heteroatoms. The molecule has 1 unspecified atom stereocenters. The van der Waals surface area contributed by atoms with Gasteiger partial charge >= 0.3 is 0 Å². The minimum atomic E-state index is -2.90. The highest BCUT2D eigenvalue weighted by Gasteiger charge is 2.29. The number of carbonyl (C=O) groups excluding carboxylic acids is 1. The maximum Gasteiger partial charge on any atom is 0.220 e. The van der Waals surface area contributed by atoms with E-state index in [1.165, 1.54) is 0 Å². The average Bonchev–Trinajstić information content (AvgIpc) is 2.64. The second kappa shape index (κ2) is 6.70. The molecule has 0 aliphatic carbocycles. The fourth-order valence-electron chi connectivity index (χ4n) is 2.35. The van der Waals surface area contributed by atoms with Crippen molar-refractivity contribution in [3.05, 3.63) is 0 Å². The molecule has 0 bridgehead atoms. The molecule has 1 aliphatic rings. The van der Waals surface area contributed by atoms with Crippen molar-refractivity contribution < 1.29 is 18.3 Å². The molecule has 1 atom stereocenters. The summed E-state index contributed by atoms with van der Waals surface area (Å²) in [6, 6.07) is 0. The van der Waals surface area contributed by atoms with Crippen LogP contribution in [0.5, 0.6) is 0 Å². The number of sulfone groups is 1. The topological polar surface area (TPSA) is 83.5 Å². The van der Waals surface area contributed by atoms with Crippen LogP contribution >= 0.6 is 0 Å². The van der Waals surface area contributed by atoms with E-state index < -0.39 is 9.84 Å². The predicted octanol–water partition coefficient (Wildman–Crippen LogP) is 0.726. The van der Waals surface area contributed by atoms with E-state index in [2.05, 4.69) is 5.32 Å². The molecule has 0 spiro atoms. The first-order valence-corrected chi connectivity index (χ1v) is 8.64. The van der Waals surface area contributed by atoms with E-state index in [-0.39, 0.29) is 35.4 Å². The highest BCUT2D eigenvalue weighted by Crippen LogP contribution is 2.23. The standard InChI is InChI=1S/C13H25NO4S/c1-13(2,5-3-6-15)10-14-12(16)8-11-4-7-19(17,18)9-11/h11,15H,3-10H2,1-2H3,(H,14,16). The molecule has 0 aromatic carbocycles. The number of aliphatic hydroxyl groups is 1. The Labute approximate surface area is 115 Å². The summed E-state index contributed by atoms with van der Waals surface area (Å²) in [5.74, 6) is 0.270. The van der Waals surface area contributed by atoms with Gasteiger partial charge in [0.2, 0.25) is 5.91 Å². The van der Waals surface area contributed by atoms with Gasteiger partial charge < -0.3 is 10.4 Å². The third-order valence-corrected chi connectivity index (χ3v) is 5.41. The number of rotatable bonds is 7. The zero-order valence-electron chi connectivity index (χ0n) is 11.8. The third kappa shape index (κ3) is 6.38. The van der Waals surface area contributed by atoms with Gasteiger partial charge in [0.15, 0.2) is 9.84 Å². The Kier molecular flexibility index (Phi) is 5.80. The molecule has 1 fully saturated rings. The molecule has 1 saturated heterocycles. The van der Waals surface area contributed by atoms with Gasteiger partial charge in [-0.25, -0.2) is 8.42 Å². The Morgan fingerprint density at radius 3 is 2.63 bits per heavy atom. The van der Waals surface area contributed by atoms with Gasteiger partial charge in [0.25, 0.3) is 0 Å². The van der Waals surface area contributed by atoms with E-state index in [9.17, 15) is 13.2 Å². The molecule has 1 aliphatic heterocycles. The molecule has 1 rings (SSSR count). The number of hydrogen-bond donors (Lipinski definition) is 2. The number of aliphatic hydroxyl groups excluding tert-OH is 1. The van der Waals surface area contributed by atoms with Gasteiger partial charge in [-0.1, -0.05) is 13.8 Å². The molecule has 1 heterocycles. The van der Waals surface area contributed by atoms with Crippen LogP contribution in [0.25, 0.3) is 0 Å². The molecular formula is C13H25NO4S. The second-order valence-corrected chi connectivity index (χ2v) is 8.47. The lowest BCUT2D eigenvalue weighted by Crippen LogP contribution is -2.35. The monoisotopic (exact) mass is 291 g/mol. The van der Waals surface area contributed by atoms with Gasteiger partial charge in [0.1, 0.15) is 0 Å². The smallest absolute Gasteiger partial charge is 0.220 e. The normalized spacial score (nSPS) is 22.4. The molecule has 19 heavy (non-hydrogen) atoms. The van der Waals surface area contributed by atoms with Gasteiger partial charge in [0, 0.05) is 19.6 Å². The van der Waals surface area contributed by atoms with Crippen LogP contribution in [-0.2, 0) is 14.6 Å². The number of nitrogens with one attached hydrogen (secondary N) is 1. The van der Waals surface area contributed by atoms with Gasteiger partial charge in [-0.2, -0.15) is 0 Å². The van der Waals surface area contributed by atoms with Crippen molar-refractivity contribution >= 4 is 15.7 Å². The average molecular weight is 291 g/mol. The van der Waals surface area contributed by atoms with Crippen molar-refractivity contribution in [2.24, 2.45) is 11.3 Å². The van der Waals surface area contributed by atoms with Crippen molar-refractivity contribution in [1.29, 1.82) is 0 Å². The fourth-order valence-corrected chi connectivity index (χ4v) is 4.21. The van der Waals surface area contributed by atoms with E-state index in [0.29, 0.717) is 19.4 Å². The summed E-state index contributed by atoms with van der Waals surface area (Å²) in [5, 5.41) is 11.7. The van der Waals surface area contributed by atoms with Crippen molar-refractivity contribution in [3.63, 3.8) is 0 Å². The van der Waals surface area contributed by atoms with Crippen LogP contribution in [0, 0.1) is 11.3 Å². The van der Waals surface area contributed by atoms with Gasteiger partial charge in [-0.3, -0.25) is 4.79 Å². The van der Waals surface area contributed by atoms with Crippen LogP contribution in [0.2, 0.25) is 0 Å². The Bertz CT molecular complexity index is 403. The second-order valence-electron chi connectivity index (χ2n) is 6.24. The molecule has 5 nitrogen and oxygen atoms in total. The quantitative estimate of drug-likeness (QED) is 0.724. The lowest BCUT2D eigenvalue weighted by molar-refractivity contribution is -0.122. The maximum atomic E-state index is 11.8. The lowest BCUT2D eigenvalue weighted by atomic mass is 9.88. The summed E-state index contributed by atoms with van der Waals surface area (Å²) in [6.45, 7) is 4.81. The van der Waals surface area contributed by atoms with Crippen LogP contribution in [0.15, 0.2) is 0 Å². The minimum absolute atomic E-state index is 0.0226. The van der Waals surface area contributed by atoms with Crippen molar-refractivity contribution in [2.45, 2.75) is 39.5 Å². The third-order valence-electron chi connectivity index (χ3n) is 3.58. The summed E-state index contributed by atoms with van der Waals surface area (Å²) in [5.41, 5.74) is -0.0415. The van der Waals surface area contributed by atoms with Crippen LogP contribution in [-0.4, -0.2) is 44.1 Å². The van der Waals surface area contributed by atoms with Crippen LogP contribution in [0.1, 0.15) is 39.5 Å². The highest BCUT2D eigenvalue weighted by molar-refractivity contribution is 7.91. The first-order valence-electron chi connectivity index (χ1n) is 6.82. The summed E-state index contributed by atoms with van der Waals surface area (Å²) >= 11 is 0. The van der Waals surface area contributed by atoms with Crippen LogP contribution in [0.3, 0.4) is 0 Å². The molecule has 112 valence electrons. The molecule has 1 amide bonds. The summed E-state index contributed by atoms with van der Waals surface area (Å²) < 4.78 is 22.6. The number of hydrogen-bond acceptors (Lipinski definition) is 4. The first-order chi connectivity index (χ1) is 8.74. The van der Waals surface area contributed by atoms with Crippen LogP contribution < -0.4 is 5.32 Å². The van der Waals surface area contributed by atoms with Crippen molar-refractivity contribution in [3.8, 4) is 0 Å². The van der Waals surface area contributed by atoms with Gasteiger partial charge in [0.05, 0.1) is 11.5 Å². The van der Waals surface area contributed by atoms with E-state index in [4.69, 9.17) is 5.11 Å². The van der Waals surface area contributed by atoms with E-state index in [0.717, 1.165) is 12.8 Å². The molecule has 0 aromatic heterocycles. The predicted molar refractivity (Wildman–Crippen MR) is 74.5 cm³/mol. The molecule has 0 aromatic rings. The molecule has 2 N–H and O–H groups in total. The minimum Gasteiger partial charge on any atom is -0.396 e. The number of amides is 1. The summed E-state index contributed by atoms with van der Waals surface area (Å²) in [6.07, 6.45) is 2.48. The van der Waals surface area contributed by atoms with E-state index in [1.807, 2.05) is 13.8 Å². The lowest BCUT2D eigenvalue weighted by Gasteiger charge is -2.24. The van der Waals surface area contributed by atoms with Gasteiger partial charge in [-0.05, 0) is 30.6 Å². The zero-order valence-corrected chi connectivity index (χ0v) is 12.6. The van der Waals surface area contributed by atoms with Gasteiger partial charge in [-0.15, -0.1) is 0 Å². The Morgan fingerprint density at radius 2 is 2.11 bits per heavy atom. The summed E-state index contributed by atoms with van der Waals surface area (Å²) in [7, 11) is -2.90. The molecule has 0 radical (unpaired) electrons. The largest absolute Gasteiger partial charge is 0.396 e. The van der Waals surface area contributed by atoms with Crippen LogP contribution in [0.4, 0.5) is 0 Å². The summed E-state index contributed by atoms with van der Waals surface area (Å²) in [4.78, 5) is 11.8. The fraction of sp³-hybridized carbons (Fsp3) is 0.923. The molecule has 0 saturated carbocycles. The van der Waals surface area contributed by atoms with E-state index >= 15 is 0 Å².